The van der Waals surface area contributed by atoms with Crippen LogP contribution in [0, 0.1) is 0 Å². The number of phenolic OH excluding ortho intramolecular Hbond substituents is 1. The Kier molecular flexibility index (Phi) is 4.16. The van der Waals surface area contributed by atoms with E-state index >= 15 is 0 Å². The van der Waals surface area contributed by atoms with Crippen LogP contribution in [-0.2, 0) is 14.3 Å². The molecular weight excluding hydrogens is 272 g/mol. The molecule has 1 unspecified atom stereocenters. The molecule has 3 N–H and O–H groups in total. The maximum atomic E-state index is 12.0. The summed E-state index contributed by atoms with van der Waals surface area (Å²) in [4.78, 5) is 23.5. The average molecular weight is 290 g/mol. The Bertz CT molecular complexity index is 580. The summed E-state index contributed by atoms with van der Waals surface area (Å²) in [7, 11) is 0. The molecular formula is C15H18N2O4. The van der Waals surface area contributed by atoms with Crippen LogP contribution in [0.15, 0.2) is 30.0 Å². The van der Waals surface area contributed by atoms with E-state index in [2.05, 4.69) is 10.6 Å². The molecule has 0 aromatic heterocycles. The quantitative estimate of drug-likeness (QED) is 0.571. The largest absolute Gasteiger partial charge is 0.508 e. The number of carbonyl (C=O) groups excluding carboxylic acids is 2. The Hall–Kier alpha value is -2.50. The number of rotatable bonds is 4. The normalized spacial score (nSPS) is 22.8. The summed E-state index contributed by atoms with van der Waals surface area (Å²) in [6.45, 7) is 3.76. The van der Waals surface area contributed by atoms with Crippen LogP contribution in [-0.4, -0.2) is 29.3 Å². The highest BCUT2D eigenvalue weighted by atomic mass is 16.5. The lowest BCUT2D eigenvalue weighted by molar-refractivity contribution is -0.144. The van der Waals surface area contributed by atoms with E-state index in [9.17, 15) is 14.7 Å². The van der Waals surface area contributed by atoms with Crippen LogP contribution in [0.1, 0.15) is 25.8 Å². The molecule has 2 rings (SSSR count). The average Bonchev–Trinajstić information content (AvgIpc) is 2.67. The molecule has 1 saturated heterocycles. The molecule has 1 atom stereocenters. The van der Waals surface area contributed by atoms with Gasteiger partial charge in [-0.05, 0) is 37.6 Å². The molecule has 1 fully saturated rings. The van der Waals surface area contributed by atoms with Crippen molar-refractivity contribution in [2.45, 2.75) is 25.9 Å². The predicted molar refractivity (Wildman–Crippen MR) is 77.0 cm³/mol. The number of esters is 1. The van der Waals surface area contributed by atoms with Crippen LogP contribution in [0.3, 0.4) is 0 Å². The van der Waals surface area contributed by atoms with Crippen LogP contribution in [0.25, 0.3) is 6.08 Å². The van der Waals surface area contributed by atoms with E-state index in [1.165, 1.54) is 12.1 Å². The molecule has 1 aromatic carbocycles. The standard InChI is InChI=1S/C15H18N2O4/c1-3-21-13(19)9-15(2)16-12(14(20)17-15)8-10-4-6-11(18)7-5-10/h4-8,16,18H,3,9H2,1-2H3,(H,17,20). The maximum absolute atomic E-state index is 12.0. The number of hydrogen-bond acceptors (Lipinski definition) is 5. The first-order valence-corrected chi connectivity index (χ1v) is 6.69. The van der Waals surface area contributed by atoms with Crippen molar-refractivity contribution in [1.29, 1.82) is 0 Å². The van der Waals surface area contributed by atoms with Gasteiger partial charge in [0.15, 0.2) is 0 Å². The number of aromatic hydroxyl groups is 1. The van der Waals surface area contributed by atoms with Crippen LogP contribution in [0.4, 0.5) is 0 Å². The minimum atomic E-state index is -0.855. The van der Waals surface area contributed by atoms with Gasteiger partial charge in [-0.15, -0.1) is 0 Å². The van der Waals surface area contributed by atoms with E-state index in [1.54, 1.807) is 32.1 Å². The van der Waals surface area contributed by atoms with E-state index in [-0.39, 0.29) is 24.0 Å². The fourth-order valence-electron chi connectivity index (χ4n) is 2.13. The molecule has 1 aliphatic heterocycles. The van der Waals surface area contributed by atoms with Gasteiger partial charge in [0.05, 0.1) is 13.0 Å². The third-order valence-corrected chi connectivity index (χ3v) is 3.05. The smallest absolute Gasteiger partial charge is 0.310 e. The minimum Gasteiger partial charge on any atom is -0.508 e. The predicted octanol–water partition coefficient (Wildman–Crippen LogP) is 1.12. The molecule has 0 radical (unpaired) electrons. The minimum absolute atomic E-state index is 0.0412. The van der Waals surface area contributed by atoms with Gasteiger partial charge in [-0.1, -0.05) is 12.1 Å². The summed E-state index contributed by atoms with van der Waals surface area (Å²) in [5, 5.41) is 15.0. The molecule has 0 saturated carbocycles. The number of hydrogen-bond donors (Lipinski definition) is 3. The number of ether oxygens (including phenoxy) is 1. The summed E-state index contributed by atoms with van der Waals surface area (Å²) in [6, 6.07) is 6.46. The summed E-state index contributed by atoms with van der Waals surface area (Å²) in [6.07, 6.45) is 1.70. The van der Waals surface area contributed by atoms with E-state index < -0.39 is 5.66 Å². The third kappa shape index (κ3) is 3.75. The first kappa shape index (κ1) is 14.9. The molecule has 1 aromatic rings. The summed E-state index contributed by atoms with van der Waals surface area (Å²) in [5.41, 5.74) is 0.282. The highest BCUT2D eigenvalue weighted by Crippen LogP contribution is 2.19. The van der Waals surface area contributed by atoms with Gasteiger partial charge in [0.2, 0.25) is 0 Å². The zero-order chi connectivity index (χ0) is 15.5. The van der Waals surface area contributed by atoms with Crippen molar-refractivity contribution in [3.05, 3.63) is 35.5 Å². The van der Waals surface area contributed by atoms with Crippen LogP contribution in [0.2, 0.25) is 0 Å². The zero-order valence-electron chi connectivity index (χ0n) is 12.0. The summed E-state index contributed by atoms with van der Waals surface area (Å²) in [5.74, 6) is -0.498. The van der Waals surface area contributed by atoms with Crippen LogP contribution in [0.5, 0.6) is 5.75 Å². The second-order valence-electron chi connectivity index (χ2n) is 5.04. The number of carbonyl (C=O) groups is 2. The van der Waals surface area contributed by atoms with Crippen molar-refractivity contribution in [2.24, 2.45) is 0 Å². The Morgan fingerprint density at radius 2 is 2.00 bits per heavy atom. The molecule has 6 heteroatoms. The van der Waals surface area contributed by atoms with Crippen LogP contribution >= 0.6 is 0 Å². The summed E-state index contributed by atoms with van der Waals surface area (Å²) < 4.78 is 4.89. The number of amides is 1. The molecule has 1 amide bonds. The second-order valence-corrected chi connectivity index (χ2v) is 5.04. The van der Waals surface area contributed by atoms with Gasteiger partial charge >= 0.3 is 5.97 Å². The van der Waals surface area contributed by atoms with E-state index in [1.807, 2.05) is 0 Å². The zero-order valence-corrected chi connectivity index (χ0v) is 12.0. The summed E-state index contributed by atoms with van der Waals surface area (Å²) >= 11 is 0. The highest BCUT2D eigenvalue weighted by molar-refractivity contribution is 6.00. The van der Waals surface area contributed by atoms with Crippen molar-refractivity contribution in [2.75, 3.05) is 6.61 Å². The van der Waals surface area contributed by atoms with Gasteiger partial charge in [-0.25, -0.2) is 0 Å². The van der Waals surface area contributed by atoms with E-state index in [0.717, 1.165) is 5.56 Å². The van der Waals surface area contributed by atoms with Crippen molar-refractivity contribution in [1.82, 2.24) is 10.6 Å². The Morgan fingerprint density at radius 1 is 1.33 bits per heavy atom. The molecule has 21 heavy (non-hydrogen) atoms. The third-order valence-electron chi connectivity index (χ3n) is 3.05. The van der Waals surface area contributed by atoms with Gasteiger partial charge in [-0.2, -0.15) is 0 Å². The van der Waals surface area contributed by atoms with E-state index in [4.69, 9.17) is 4.74 Å². The van der Waals surface area contributed by atoms with Crippen molar-refractivity contribution in [3.63, 3.8) is 0 Å². The Morgan fingerprint density at radius 3 is 2.62 bits per heavy atom. The topological polar surface area (TPSA) is 87.7 Å². The highest BCUT2D eigenvalue weighted by Gasteiger charge is 2.38. The van der Waals surface area contributed by atoms with Gasteiger partial charge < -0.3 is 20.5 Å². The fourth-order valence-corrected chi connectivity index (χ4v) is 2.13. The van der Waals surface area contributed by atoms with Crippen molar-refractivity contribution >= 4 is 18.0 Å². The number of benzene rings is 1. The van der Waals surface area contributed by atoms with Gasteiger partial charge in [-0.3, -0.25) is 9.59 Å². The number of nitrogens with one attached hydrogen (secondary N) is 2. The molecule has 6 nitrogen and oxygen atoms in total. The second kappa shape index (κ2) is 5.87. The van der Waals surface area contributed by atoms with Gasteiger partial charge in [0, 0.05) is 0 Å². The van der Waals surface area contributed by atoms with E-state index in [0.29, 0.717) is 12.3 Å². The lowest BCUT2D eigenvalue weighted by atomic mass is 10.1. The van der Waals surface area contributed by atoms with Crippen molar-refractivity contribution < 1.29 is 19.4 Å². The monoisotopic (exact) mass is 290 g/mol. The molecule has 1 heterocycles. The SMILES string of the molecule is CCOC(=O)CC1(C)NC(=O)C(=Cc2ccc(O)cc2)N1. The lowest BCUT2D eigenvalue weighted by Crippen LogP contribution is -2.48. The molecule has 0 bridgehead atoms. The van der Waals surface area contributed by atoms with Gasteiger partial charge in [0.1, 0.15) is 17.1 Å². The fraction of sp³-hybridized carbons (Fsp3) is 0.333. The van der Waals surface area contributed by atoms with Crippen molar-refractivity contribution in [3.8, 4) is 5.75 Å². The molecule has 112 valence electrons. The maximum Gasteiger partial charge on any atom is 0.310 e. The Balaban J connectivity index is 2.11. The molecule has 0 aliphatic carbocycles. The van der Waals surface area contributed by atoms with Crippen LogP contribution < -0.4 is 10.6 Å². The lowest BCUT2D eigenvalue weighted by Gasteiger charge is -2.23. The Labute approximate surface area is 122 Å². The molecule has 0 spiro atoms. The first-order valence-electron chi connectivity index (χ1n) is 6.69. The first-order chi connectivity index (χ1) is 9.92. The van der Waals surface area contributed by atoms with Gasteiger partial charge in [0.25, 0.3) is 5.91 Å². The number of phenols is 1. The molecule has 1 aliphatic rings.